The van der Waals surface area contributed by atoms with Crippen LogP contribution in [0.5, 0.6) is 0 Å². The third kappa shape index (κ3) is 5.28. The van der Waals surface area contributed by atoms with Crippen LogP contribution in [0.15, 0.2) is 53.3 Å². The number of morpholine rings is 1. The van der Waals surface area contributed by atoms with Gasteiger partial charge in [0.15, 0.2) is 0 Å². The van der Waals surface area contributed by atoms with Crippen LogP contribution in [0, 0.1) is 0 Å². The number of carbonyl (C=O) groups is 1. The van der Waals surface area contributed by atoms with Gasteiger partial charge in [0.05, 0.1) is 42.3 Å². The Bertz CT molecular complexity index is 1220. The third-order valence-electron chi connectivity index (χ3n) is 5.96. The van der Waals surface area contributed by atoms with Gasteiger partial charge in [-0.3, -0.25) is 14.5 Å². The number of nitrogens with one attached hydrogen (secondary N) is 1. The Morgan fingerprint density at radius 3 is 2.38 bits per heavy atom. The smallest absolute Gasteiger partial charge is 0.379 e. The lowest BCUT2D eigenvalue weighted by atomic mass is 10.0. The molecular weight excluding hydrogens is 449 g/mol. The summed E-state index contributed by atoms with van der Waals surface area (Å²) in [5.41, 5.74) is 0.205. The van der Waals surface area contributed by atoms with E-state index in [0.29, 0.717) is 48.3 Å². The van der Waals surface area contributed by atoms with Crippen molar-refractivity contribution < 1.29 is 22.7 Å². The molecule has 3 aromatic rings. The maximum Gasteiger partial charge on any atom is 0.416 e. The molecule has 1 saturated heterocycles. The molecule has 34 heavy (non-hydrogen) atoms. The first-order valence-corrected chi connectivity index (χ1v) is 10.9. The van der Waals surface area contributed by atoms with Crippen molar-refractivity contribution in [1.29, 1.82) is 0 Å². The first-order valence-electron chi connectivity index (χ1n) is 10.9. The fourth-order valence-electron chi connectivity index (χ4n) is 4.17. The molecule has 1 aliphatic rings. The van der Waals surface area contributed by atoms with Crippen molar-refractivity contribution in [2.45, 2.75) is 18.6 Å². The summed E-state index contributed by atoms with van der Waals surface area (Å²) < 4.78 is 45.6. The highest BCUT2D eigenvalue weighted by Gasteiger charge is 2.31. The highest BCUT2D eigenvalue weighted by molar-refractivity contribution is 5.88. The molecular formula is C24H25F3N4O3. The molecule has 10 heteroatoms. The molecule has 2 heterocycles. The first-order chi connectivity index (χ1) is 16.2. The second-order valence-electron chi connectivity index (χ2n) is 8.19. The minimum atomic E-state index is -4.41. The van der Waals surface area contributed by atoms with Crippen molar-refractivity contribution in [3.05, 3.63) is 75.7 Å². The summed E-state index contributed by atoms with van der Waals surface area (Å²) in [5.74, 6) is -0.290. The maximum absolute atomic E-state index is 13.0. The summed E-state index contributed by atoms with van der Waals surface area (Å²) >= 11 is 0. The molecule has 1 amide bonds. The van der Waals surface area contributed by atoms with Gasteiger partial charge in [0.2, 0.25) is 5.91 Å². The highest BCUT2D eigenvalue weighted by atomic mass is 19.4. The summed E-state index contributed by atoms with van der Waals surface area (Å²) in [7, 11) is 1.54. The number of halogens is 3. The Morgan fingerprint density at radius 2 is 1.74 bits per heavy atom. The number of aromatic nitrogens is 2. The summed E-state index contributed by atoms with van der Waals surface area (Å²) in [6.07, 6.45) is -4.44. The van der Waals surface area contributed by atoms with Gasteiger partial charge in [-0.25, -0.2) is 4.68 Å². The number of alkyl halides is 3. The lowest BCUT2D eigenvalue weighted by Crippen LogP contribution is -2.44. The van der Waals surface area contributed by atoms with Gasteiger partial charge in [0.25, 0.3) is 5.56 Å². The zero-order valence-electron chi connectivity index (χ0n) is 18.6. The lowest BCUT2D eigenvalue weighted by Gasteiger charge is -2.35. The summed E-state index contributed by atoms with van der Waals surface area (Å²) in [4.78, 5) is 27.2. The van der Waals surface area contributed by atoms with E-state index in [4.69, 9.17) is 4.74 Å². The molecule has 0 saturated carbocycles. The summed E-state index contributed by atoms with van der Waals surface area (Å²) in [5, 5.41) is 8.26. The lowest BCUT2D eigenvalue weighted by molar-refractivity contribution is -0.137. The normalized spacial score (nSPS) is 15.9. The second-order valence-corrected chi connectivity index (χ2v) is 8.19. The minimum Gasteiger partial charge on any atom is -0.379 e. The van der Waals surface area contributed by atoms with Crippen LogP contribution >= 0.6 is 0 Å². The van der Waals surface area contributed by atoms with E-state index in [1.807, 2.05) is 0 Å². The number of amides is 1. The molecule has 0 aliphatic carbocycles. The van der Waals surface area contributed by atoms with E-state index in [-0.39, 0.29) is 30.5 Å². The van der Waals surface area contributed by atoms with E-state index in [1.54, 1.807) is 24.3 Å². The van der Waals surface area contributed by atoms with Gasteiger partial charge in [-0.2, -0.15) is 18.3 Å². The molecule has 0 bridgehead atoms. The number of aryl methyl sites for hydroxylation is 1. The Kier molecular flexibility index (Phi) is 6.99. The van der Waals surface area contributed by atoms with Gasteiger partial charge in [0.1, 0.15) is 0 Å². The molecule has 7 nitrogen and oxygen atoms in total. The van der Waals surface area contributed by atoms with Crippen molar-refractivity contribution in [1.82, 2.24) is 20.0 Å². The van der Waals surface area contributed by atoms with Crippen LogP contribution < -0.4 is 10.9 Å². The van der Waals surface area contributed by atoms with Gasteiger partial charge < -0.3 is 10.1 Å². The molecule has 180 valence electrons. The Labute approximate surface area is 194 Å². The van der Waals surface area contributed by atoms with E-state index in [2.05, 4.69) is 15.3 Å². The zero-order valence-corrected chi connectivity index (χ0v) is 18.6. The molecule has 4 rings (SSSR count). The summed E-state index contributed by atoms with van der Waals surface area (Å²) in [6.45, 7) is 2.45. The molecule has 1 atom stereocenters. The van der Waals surface area contributed by atoms with E-state index in [9.17, 15) is 22.8 Å². The fourth-order valence-corrected chi connectivity index (χ4v) is 4.17. The fraction of sp³-hybridized carbons (Fsp3) is 0.375. The van der Waals surface area contributed by atoms with Crippen LogP contribution in [-0.4, -0.2) is 53.4 Å². The molecule has 0 radical (unpaired) electrons. The third-order valence-corrected chi connectivity index (χ3v) is 5.96. The van der Waals surface area contributed by atoms with Crippen LogP contribution in [0.25, 0.3) is 10.8 Å². The number of hydrogen-bond donors (Lipinski definition) is 1. The van der Waals surface area contributed by atoms with Crippen LogP contribution in [0.1, 0.15) is 22.9 Å². The molecule has 0 spiro atoms. The van der Waals surface area contributed by atoms with Gasteiger partial charge in [-0.05, 0) is 23.8 Å². The first kappa shape index (κ1) is 23.9. The van der Waals surface area contributed by atoms with Crippen molar-refractivity contribution in [2.75, 3.05) is 32.8 Å². The Morgan fingerprint density at radius 1 is 1.09 bits per heavy atom. The topological polar surface area (TPSA) is 76.5 Å². The number of hydrogen-bond acceptors (Lipinski definition) is 5. The Hall–Kier alpha value is -3.24. The maximum atomic E-state index is 13.0. The minimum absolute atomic E-state index is 0.0303. The quantitative estimate of drug-likeness (QED) is 0.595. The van der Waals surface area contributed by atoms with Crippen molar-refractivity contribution in [2.24, 2.45) is 7.05 Å². The highest BCUT2D eigenvalue weighted by Crippen LogP contribution is 2.31. The standard InChI is InChI=1S/C24H25F3N4O3/c1-30-23(33)19-5-3-2-4-18(19)20(29-30)14-22(32)28-15-21(31-10-12-34-13-11-31)16-6-8-17(9-7-16)24(25,26)27/h2-9,21H,10-15H2,1H3,(H,28,32). The van der Waals surface area contributed by atoms with E-state index < -0.39 is 11.7 Å². The van der Waals surface area contributed by atoms with Crippen LogP contribution in [-0.2, 0) is 29.2 Å². The van der Waals surface area contributed by atoms with Crippen molar-refractivity contribution >= 4 is 16.7 Å². The van der Waals surface area contributed by atoms with E-state index in [0.717, 1.165) is 12.1 Å². The van der Waals surface area contributed by atoms with Gasteiger partial charge in [-0.15, -0.1) is 0 Å². The predicted octanol–water partition coefficient (Wildman–Crippen LogP) is 2.68. The second kappa shape index (κ2) is 9.94. The van der Waals surface area contributed by atoms with Gasteiger partial charge >= 0.3 is 6.18 Å². The average molecular weight is 474 g/mol. The van der Waals surface area contributed by atoms with E-state index >= 15 is 0 Å². The number of rotatable bonds is 6. The monoisotopic (exact) mass is 474 g/mol. The number of benzene rings is 2. The summed E-state index contributed by atoms with van der Waals surface area (Å²) in [6, 6.07) is 11.7. The predicted molar refractivity (Wildman–Crippen MR) is 120 cm³/mol. The van der Waals surface area contributed by atoms with Crippen LogP contribution in [0.4, 0.5) is 13.2 Å². The Balaban J connectivity index is 1.51. The SMILES string of the molecule is Cn1nc(CC(=O)NCC(c2ccc(C(F)(F)F)cc2)N2CCOCC2)c2ccccc2c1=O. The average Bonchev–Trinajstić information content (AvgIpc) is 2.83. The largest absolute Gasteiger partial charge is 0.416 e. The molecule has 1 aromatic heterocycles. The molecule has 1 aliphatic heterocycles. The number of fused-ring (bicyclic) bond motifs is 1. The van der Waals surface area contributed by atoms with Gasteiger partial charge in [0, 0.05) is 32.1 Å². The van der Waals surface area contributed by atoms with Crippen molar-refractivity contribution in [3.8, 4) is 0 Å². The van der Waals surface area contributed by atoms with Crippen molar-refractivity contribution in [3.63, 3.8) is 0 Å². The number of carbonyl (C=O) groups excluding carboxylic acids is 1. The van der Waals surface area contributed by atoms with E-state index in [1.165, 1.54) is 23.9 Å². The molecule has 1 fully saturated rings. The molecule has 1 N–H and O–H groups in total. The van der Waals surface area contributed by atoms with Gasteiger partial charge in [-0.1, -0.05) is 30.3 Å². The molecule has 2 aromatic carbocycles. The van der Waals surface area contributed by atoms with Crippen LogP contribution in [0.2, 0.25) is 0 Å². The number of ether oxygens (including phenoxy) is 1. The number of nitrogens with zero attached hydrogens (tertiary/aromatic N) is 3. The zero-order chi connectivity index (χ0) is 24.3. The molecule has 1 unspecified atom stereocenters. The van der Waals surface area contributed by atoms with Crippen LogP contribution in [0.3, 0.4) is 0 Å².